The van der Waals surface area contributed by atoms with Gasteiger partial charge in [0.2, 0.25) is 0 Å². The van der Waals surface area contributed by atoms with Gasteiger partial charge in [0.15, 0.2) is 5.78 Å². The van der Waals surface area contributed by atoms with Crippen molar-refractivity contribution < 1.29 is 9.53 Å². The van der Waals surface area contributed by atoms with Gasteiger partial charge in [-0.05, 0) is 38.5 Å². The molecule has 1 aliphatic carbocycles. The lowest BCUT2D eigenvalue weighted by atomic mass is 9.73. The molecule has 2 unspecified atom stereocenters. The molecule has 0 aromatic rings. The van der Waals surface area contributed by atoms with E-state index in [1.807, 2.05) is 6.92 Å². The van der Waals surface area contributed by atoms with Gasteiger partial charge >= 0.3 is 0 Å². The van der Waals surface area contributed by atoms with Crippen LogP contribution in [-0.4, -0.2) is 18.0 Å². The number of Topliss-reactive ketones (excluding diaryl/α,β-unsaturated/α-hetero) is 1. The third kappa shape index (κ3) is 3.34. The molecule has 1 aliphatic rings. The summed E-state index contributed by atoms with van der Waals surface area (Å²) in [6.07, 6.45) is 7.51. The van der Waals surface area contributed by atoms with E-state index in [1.54, 1.807) is 0 Å². The van der Waals surface area contributed by atoms with Crippen molar-refractivity contribution in [3.63, 3.8) is 0 Å². The summed E-state index contributed by atoms with van der Waals surface area (Å²) in [6, 6.07) is 0. The van der Waals surface area contributed by atoms with E-state index in [2.05, 4.69) is 20.8 Å². The van der Waals surface area contributed by atoms with Crippen LogP contribution in [0.2, 0.25) is 0 Å². The summed E-state index contributed by atoms with van der Waals surface area (Å²) in [5.74, 6) is 1.38. The Kier molecular flexibility index (Phi) is 6.34. The fraction of sp³-hybridized carbons (Fsp3) is 0.938. The second-order valence-corrected chi connectivity index (χ2v) is 5.64. The fourth-order valence-corrected chi connectivity index (χ4v) is 3.42. The van der Waals surface area contributed by atoms with Crippen LogP contribution in [-0.2, 0) is 9.53 Å². The lowest BCUT2D eigenvalue weighted by Gasteiger charge is -2.36. The maximum atomic E-state index is 12.8. The monoisotopic (exact) mass is 254 g/mol. The van der Waals surface area contributed by atoms with Crippen LogP contribution in [0.1, 0.15) is 72.6 Å². The highest BCUT2D eigenvalue weighted by Gasteiger charge is 2.41. The van der Waals surface area contributed by atoms with Gasteiger partial charge in [0.25, 0.3) is 0 Å². The molecule has 0 aromatic carbocycles. The van der Waals surface area contributed by atoms with Crippen LogP contribution in [0.5, 0.6) is 0 Å². The molecule has 0 heterocycles. The highest BCUT2D eigenvalue weighted by atomic mass is 16.5. The molecule has 0 aromatic heterocycles. The van der Waals surface area contributed by atoms with Gasteiger partial charge in [0.05, 0.1) is 0 Å². The van der Waals surface area contributed by atoms with Crippen molar-refractivity contribution in [1.82, 2.24) is 0 Å². The number of hydrogen-bond acceptors (Lipinski definition) is 2. The topological polar surface area (TPSA) is 26.3 Å². The highest BCUT2D eigenvalue weighted by Crippen LogP contribution is 2.36. The zero-order valence-electron chi connectivity index (χ0n) is 12.6. The van der Waals surface area contributed by atoms with E-state index in [4.69, 9.17) is 4.74 Å². The largest absolute Gasteiger partial charge is 0.368 e. The maximum absolute atomic E-state index is 12.8. The Morgan fingerprint density at radius 2 is 1.83 bits per heavy atom. The minimum atomic E-state index is -0.505. The molecule has 2 nitrogen and oxygen atoms in total. The molecule has 2 atom stereocenters. The predicted molar refractivity (Wildman–Crippen MR) is 75.7 cm³/mol. The van der Waals surface area contributed by atoms with Crippen LogP contribution < -0.4 is 0 Å². The summed E-state index contributed by atoms with van der Waals surface area (Å²) in [7, 11) is 0. The first kappa shape index (κ1) is 15.7. The predicted octanol–water partition coefficient (Wildman–Crippen LogP) is 4.37. The normalized spacial score (nSPS) is 25.1. The van der Waals surface area contributed by atoms with Crippen LogP contribution >= 0.6 is 0 Å². The van der Waals surface area contributed by atoms with E-state index in [1.165, 1.54) is 19.3 Å². The van der Waals surface area contributed by atoms with Gasteiger partial charge in [-0.1, -0.05) is 40.0 Å². The fourth-order valence-electron chi connectivity index (χ4n) is 3.42. The van der Waals surface area contributed by atoms with Crippen molar-refractivity contribution in [1.29, 1.82) is 0 Å². The molecular weight excluding hydrogens is 224 g/mol. The Labute approximate surface area is 112 Å². The summed E-state index contributed by atoms with van der Waals surface area (Å²) in [4.78, 5) is 12.8. The number of hydrogen-bond donors (Lipinski definition) is 0. The van der Waals surface area contributed by atoms with E-state index in [-0.39, 0.29) is 5.92 Å². The number of ketones is 1. The Bertz CT molecular complexity index is 256. The van der Waals surface area contributed by atoms with Gasteiger partial charge in [-0.3, -0.25) is 4.79 Å². The number of ether oxygens (including phenoxy) is 1. The molecule has 0 radical (unpaired) electrons. The van der Waals surface area contributed by atoms with Gasteiger partial charge in [0, 0.05) is 12.5 Å². The Hall–Kier alpha value is -0.370. The van der Waals surface area contributed by atoms with E-state index >= 15 is 0 Å². The maximum Gasteiger partial charge on any atom is 0.167 e. The molecule has 0 N–H and O–H groups in total. The molecule has 1 saturated carbocycles. The van der Waals surface area contributed by atoms with E-state index in [0.717, 1.165) is 31.6 Å². The van der Waals surface area contributed by atoms with E-state index < -0.39 is 5.60 Å². The molecule has 2 heteroatoms. The van der Waals surface area contributed by atoms with E-state index in [9.17, 15) is 4.79 Å². The Morgan fingerprint density at radius 1 is 1.17 bits per heavy atom. The quantitative estimate of drug-likeness (QED) is 0.674. The Morgan fingerprint density at radius 3 is 2.33 bits per heavy atom. The van der Waals surface area contributed by atoms with Crippen molar-refractivity contribution in [2.24, 2.45) is 11.8 Å². The average molecular weight is 254 g/mol. The summed E-state index contributed by atoms with van der Waals surface area (Å²) in [6.45, 7) is 9.03. The van der Waals surface area contributed by atoms with Crippen molar-refractivity contribution in [3.8, 4) is 0 Å². The summed E-state index contributed by atoms with van der Waals surface area (Å²) < 4.78 is 5.86. The summed E-state index contributed by atoms with van der Waals surface area (Å²) in [5.41, 5.74) is -0.505. The van der Waals surface area contributed by atoms with Gasteiger partial charge in [-0.25, -0.2) is 0 Å². The van der Waals surface area contributed by atoms with Gasteiger partial charge in [0.1, 0.15) is 5.60 Å². The SMILES string of the molecule is CCOC(CC)(CC)C(=O)C1CCCC(CC)C1. The smallest absolute Gasteiger partial charge is 0.167 e. The second-order valence-electron chi connectivity index (χ2n) is 5.64. The van der Waals surface area contributed by atoms with Crippen molar-refractivity contribution in [2.75, 3.05) is 6.61 Å². The summed E-state index contributed by atoms with van der Waals surface area (Å²) in [5, 5.41) is 0. The zero-order valence-corrected chi connectivity index (χ0v) is 12.6. The first-order valence-electron chi connectivity index (χ1n) is 7.81. The molecule has 18 heavy (non-hydrogen) atoms. The van der Waals surface area contributed by atoms with Crippen LogP contribution in [0.25, 0.3) is 0 Å². The second kappa shape index (κ2) is 7.28. The van der Waals surface area contributed by atoms with Gasteiger partial charge in [-0.15, -0.1) is 0 Å². The van der Waals surface area contributed by atoms with E-state index in [0.29, 0.717) is 12.4 Å². The lowest BCUT2D eigenvalue weighted by Crippen LogP contribution is -2.45. The molecule has 1 rings (SSSR count). The van der Waals surface area contributed by atoms with Crippen LogP contribution in [0, 0.1) is 11.8 Å². The standard InChI is InChI=1S/C16H30O2/c1-5-13-10-9-11-14(12-13)15(17)16(6-2,7-3)18-8-4/h13-14H,5-12H2,1-4H3. The first-order valence-corrected chi connectivity index (χ1v) is 7.81. The average Bonchev–Trinajstić information content (AvgIpc) is 2.44. The first-order chi connectivity index (χ1) is 8.63. The van der Waals surface area contributed by atoms with Crippen molar-refractivity contribution in [3.05, 3.63) is 0 Å². The molecule has 0 amide bonds. The number of carbonyl (C=O) groups excluding carboxylic acids is 1. The minimum absolute atomic E-state index is 0.246. The van der Waals surface area contributed by atoms with Gasteiger partial charge < -0.3 is 4.74 Å². The molecule has 0 aliphatic heterocycles. The molecule has 0 saturated heterocycles. The highest BCUT2D eigenvalue weighted by molar-refractivity contribution is 5.89. The third-order valence-corrected chi connectivity index (χ3v) is 4.74. The number of rotatable bonds is 7. The summed E-state index contributed by atoms with van der Waals surface area (Å²) >= 11 is 0. The molecule has 1 fully saturated rings. The molecule has 106 valence electrons. The Balaban J connectivity index is 2.76. The van der Waals surface area contributed by atoms with Crippen LogP contribution in [0.15, 0.2) is 0 Å². The minimum Gasteiger partial charge on any atom is -0.368 e. The molecule has 0 spiro atoms. The zero-order chi connectivity index (χ0) is 13.6. The van der Waals surface area contributed by atoms with Crippen LogP contribution in [0.3, 0.4) is 0 Å². The third-order valence-electron chi connectivity index (χ3n) is 4.74. The van der Waals surface area contributed by atoms with Gasteiger partial charge in [-0.2, -0.15) is 0 Å². The van der Waals surface area contributed by atoms with Crippen LogP contribution in [0.4, 0.5) is 0 Å². The molecular formula is C16H30O2. The lowest BCUT2D eigenvalue weighted by molar-refractivity contribution is -0.151. The van der Waals surface area contributed by atoms with Crippen molar-refractivity contribution in [2.45, 2.75) is 78.2 Å². The van der Waals surface area contributed by atoms with Crippen molar-refractivity contribution >= 4 is 5.78 Å². The number of carbonyl (C=O) groups is 1. The molecule has 0 bridgehead atoms.